The number of hydrogen-bond acceptors (Lipinski definition) is 3. The number of rotatable bonds is 16. The summed E-state index contributed by atoms with van der Waals surface area (Å²) in [5, 5.41) is 0. The summed E-state index contributed by atoms with van der Waals surface area (Å²) in [6.07, 6.45) is 30.1. The Kier molecular flexibility index (Phi) is 12.1. The molecule has 1 aliphatic heterocycles. The number of esters is 1. The summed E-state index contributed by atoms with van der Waals surface area (Å²) >= 11 is 0. The SMILES string of the molecule is CCCCCCCCCCCCCC[N+](C)(C)CC(=O)O[C@H]1CC[C@]2(C)[C@H]3CC[C@@H]4[C@H]5[C@@H]6OC[C@@]5(CCC6(C)C)CC[C@@]4(C)[C@]3(C)CC[C@H]2C1(C)C. The first-order chi connectivity index (χ1) is 24.5. The van der Waals surface area contributed by atoms with Crippen molar-refractivity contribution in [1.82, 2.24) is 0 Å². The molecule has 52 heavy (non-hydrogen) atoms. The summed E-state index contributed by atoms with van der Waals surface area (Å²) in [5.74, 6) is 2.95. The molecule has 2 bridgehead atoms. The van der Waals surface area contributed by atoms with Crippen molar-refractivity contribution >= 4 is 5.97 Å². The summed E-state index contributed by atoms with van der Waals surface area (Å²) in [6, 6.07) is 0. The normalized spacial score (nSPS) is 41.7. The van der Waals surface area contributed by atoms with Gasteiger partial charge in [0.15, 0.2) is 6.54 Å². The Balaban J connectivity index is 1.00. The molecule has 0 unspecified atom stereocenters. The largest absolute Gasteiger partial charge is 0.458 e. The van der Waals surface area contributed by atoms with Crippen LogP contribution in [0.2, 0.25) is 0 Å². The topological polar surface area (TPSA) is 35.5 Å². The van der Waals surface area contributed by atoms with Gasteiger partial charge in [0.05, 0.1) is 33.4 Å². The highest BCUT2D eigenvalue weighted by Gasteiger charge is 2.73. The van der Waals surface area contributed by atoms with Crippen LogP contribution >= 0.6 is 0 Å². The molecule has 0 aromatic heterocycles. The van der Waals surface area contributed by atoms with E-state index in [-0.39, 0.29) is 17.5 Å². The predicted molar refractivity (Wildman–Crippen MR) is 217 cm³/mol. The number of hydrogen-bond donors (Lipinski definition) is 0. The van der Waals surface area contributed by atoms with Crippen molar-refractivity contribution in [1.29, 1.82) is 0 Å². The molecule has 10 atom stereocenters. The Morgan fingerprint density at radius 2 is 1.29 bits per heavy atom. The van der Waals surface area contributed by atoms with Gasteiger partial charge in [-0.25, -0.2) is 4.79 Å². The minimum atomic E-state index is 0.00532. The van der Waals surface area contributed by atoms with Gasteiger partial charge in [0.1, 0.15) is 6.10 Å². The molecule has 0 amide bonds. The molecule has 0 radical (unpaired) electrons. The van der Waals surface area contributed by atoms with Gasteiger partial charge in [-0.05, 0) is 128 Å². The molecule has 4 heteroatoms. The van der Waals surface area contributed by atoms with E-state index in [2.05, 4.69) is 69.5 Å². The van der Waals surface area contributed by atoms with E-state index in [0.717, 1.165) is 41.8 Å². The summed E-state index contributed by atoms with van der Waals surface area (Å²) in [4.78, 5) is 13.6. The zero-order valence-corrected chi connectivity index (χ0v) is 36.3. The maximum absolute atomic E-state index is 13.6. The monoisotopic (exact) mass is 725 g/mol. The minimum Gasteiger partial charge on any atom is -0.458 e. The summed E-state index contributed by atoms with van der Waals surface area (Å²) in [7, 11) is 4.47. The molecule has 6 fully saturated rings. The zero-order chi connectivity index (χ0) is 37.6. The van der Waals surface area contributed by atoms with Crippen molar-refractivity contribution in [2.24, 2.45) is 56.2 Å². The van der Waals surface area contributed by atoms with Gasteiger partial charge in [0.2, 0.25) is 0 Å². The molecule has 300 valence electrons. The van der Waals surface area contributed by atoms with Crippen molar-refractivity contribution in [3.63, 3.8) is 0 Å². The van der Waals surface area contributed by atoms with Crippen LogP contribution in [0.5, 0.6) is 0 Å². The van der Waals surface area contributed by atoms with Crippen molar-refractivity contribution in [2.75, 3.05) is 33.8 Å². The van der Waals surface area contributed by atoms with Gasteiger partial charge in [0.25, 0.3) is 0 Å². The molecular formula is C48H86NO3+. The molecule has 0 N–H and O–H groups in total. The lowest BCUT2D eigenvalue weighted by atomic mass is 9.31. The van der Waals surface area contributed by atoms with Crippen LogP contribution in [0, 0.1) is 56.2 Å². The molecule has 5 aliphatic carbocycles. The van der Waals surface area contributed by atoms with E-state index in [1.807, 2.05) is 0 Å². The first kappa shape index (κ1) is 41.0. The maximum Gasteiger partial charge on any atom is 0.362 e. The lowest BCUT2D eigenvalue weighted by Crippen LogP contribution is -2.68. The fourth-order valence-corrected chi connectivity index (χ4v) is 15.2. The van der Waals surface area contributed by atoms with Crippen LogP contribution in [0.15, 0.2) is 0 Å². The van der Waals surface area contributed by atoms with E-state index in [1.54, 1.807) is 0 Å². The highest BCUT2D eigenvalue weighted by Crippen LogP contribution is 2.78. The molecular weight excluding hydrogens is 639 g/mol. The molecule has 1 heterocycles. The number of nitrogens with zero attached hydrogens (tertiary/aromatic N) is 1. The van der Waals surface area contributed by atoms with Crippen LogP contribution in [0.3, 0.4) is 0 Å². The van der Waals surface area contributed by atoms with E-state index in [9.17, 15) is 4.79 Å². The van der Waals surface area contributed by atoms with E-state index in [4.69, 9.17) is 9.47 Å². The van der Waals surface area contributed by atoms with Crippen molar-refractivity contribution in [2.45, 2.75) is 209 Å². The van der Waals surface area contributed by atoms with Crippen LogP contribution in [-0.4, -0.2) is 56.5 Å². The van der Waals surface area contributed by atoms with E-state index in [0.29, 0.717) is 45.6 Å². The molecule has 6 rings (SSSR count). The molecule has 0 aromatic carbocycles. The first-order valence-corrected chi connectivity index (χ1v) is 23.1. The van der Waals surface area contributed by atoms with Gasteiger partial charge in [-0.1, -0.05) is 120 Å². The van der Waals surface area contributed by atoms with Crippen LogP contribution in [-0.2, 0) is 14.3 Å². The first-order valence-electron chi connectivity index (χ1n) is 23.1. The molecule has 0 aromatic rings. The van der Waals surface area contributed by atoms with Gasteiger partial charge >= 0.3 is 5.97 Å². The molecule has 4 nitrogen and oxygen atoms in total. The third kappa shape index (κ3) is 7.36. The van der Waals surface area contributed by atoms with Gasteiger partial charge in [0, 0.05) is 5.41 Å². The third-order valence-electron chi connectivity index (χ3n) is 18.5. The average Bonchev–Trinajstić information content (AvgIpc) is 3.41. The highest BCUT2D eigenvalue weighted by atomic mass is 16.5. The van der Waals surface area contributed by atoms with Crippen LogP contribution in [0.25, 0.3) is 0 Å². The fraction of sp³-hybridized carbons (Fsp3) is 0.979. The summed E-state index contributed by atoms with van der Waals surface area (Å²) < 4.78 is 14.1. The number of carbonyl (C=O) groups excluding carboxylic acids is 1. The summed E-state index contributed by atoms with van der Waals surface area (Å²) in [5.41, 5.74) is 1.85. The maximum atomic E-state index is 13.6. The van der Waals surface area contributed by atoms with Gasteiger partial charge in [-0.3, -0.25) is 0 Å². The number of unbranched alkanes of at least 4 members (excludes halogenated alkanes) is 11. The van der Waals surface area contributed by atoms with E-state index in [1.165, 1.54) is 135 Å². The van der Waals surface area contributed by atoms with Gasteiger partial charge in [-0.2, -0.15) is 0 Å². The van der Waals surface area contributed by atoms with Gasteiger partial charge in [-0.15, -0.1) is 0 Å². The van der Waals surface area contributed by atoms with E-state index < -0.39 is 0 Å². The van der Waals surface area contributed by atoms with Crippen molar-refractivity contribution in [3.8, 4) is 0 Å². The van der Waals surface area contributed by atoms with Crippen molar-refractivity contribution in [3.05, 3.63) is 0 Å². The molecule has 5 saturated carbocycles. The Morgan fingerprint density at radius 1 is 0.673 bits per heavy atom. The Morgan fingerprint density at radius 3 is 1.94 bits per heavy atom. The standard InChI is InChI=1S/C48H86NO3/c1-11-12-13-14-15-16-17-18-19-20-21-22-33-49(9,10)34-40(50)52-39-26-27-45(6)37(44(39,4)5)25-28-47(8)38(45)24-23-36-41-42-43(2,3)29-31-48(41,35-51-42)32-30-46(36,47)7/h36-39,41-42H,11-35H2,1-10H3/q+1/t36-,37+,38-,39+,41+,42+,45+,46-,47-,48-/m1/s1. The smallest absolute Gasteiger partial charge is 0.362 e. The Labute approximate surface area is 322 Å². The second kappa shape index (κ2) is 15.4. The number of fused-ring (bicyclic) bond motifs is 5. The number of likely N-dealkylation sites (N-methyl/N-ethyl adjacent to an activating group) is 1. The quantitative estimate of drug-likeness (QED) is 0.0903. The lowest BCUT2D eigenvalue weighted by Gasteiger charge is -2.73. The van der Waals surface area contributed by atoms with Crippen LogP contribution in [0.1, 0.15) is 197 Å². The van der Waals surface area contributed by atoms with Crippen LogP contribution in [0.4, 0.5) is 0 Å². The number of carbonyl (C=O) groups is 1. The average molecular weight is 725 g/mol. The number of ether oxygens (including phenoxy) is 2. The Bertz CT molecular complexity index is 1220. The fourth-order valence-electron chi connectivity index (χ4n) is 15.2. The summed E-state index contributed by atoms with van der Waals surface area (Å²) in [6.45, 7) is 23.1. The Hall–Kier alpha value is -0.610. The second-order valence-electron chi connectivity index (χ2n) is 22.8. The molecule has 6 aliphatic rings. The zero-order valence-electron chi connectivity index (χ0n) is 36.3. The third-order valence-corrected chi connectivity index (χ3v) is 18.5. The predicted octanol–water partition coefficient (Wildman–Crippen LogP) is 12.6. The molecule has 1 saturated heterocycles. The van der Waals surface area contributed by atoms with Gasteiger partial charge < -0.3 is 14.0 Å². The van der Waals surface area contributed by atoms with Crippen LogP contribution < -0.4 is 0 Å². The molecule has 0 spiro atoms. The highest BCUT2D eigenvalue weighted by molar-refractivity contribution is 5.70. The van der Waals surface area contributed by atoms with Crippen molar-refractivity contribution < 1.29 is 18.8 Å². The lowest BCUT2D eigenvalue weighted by molar-refractivity contribution is -0.883. The second-order valence-corrected chi connectivity index (χ2v) is 22.8. The van der Waals surface area contributed by atoms with E-state index >= 15 is 0 Å². The number of quaternary nitrogens is 1. The minimum absolute atomic E-state index is 0.00532.